The number of nitrogens with zero attached hydrogens (tertiary/aromatic N) is 1. The number of rotatable bonds is 4. The molecule has 1 unspecified atom stereocenters. The average molecular weight is 464 g/mol. The van der Waals surface area contributed by atoms with Crippen molar-refractivity contribution in [2.75, 3.05) is 11.9 Å². The van der Waals surface area contributed by atoms with Crippen molar-refractivity contribution in [3.63, 3.8) is 0 Å². The Balaban J connectivity index is 0.00000288. The van der Waals surface area contributed by atoms with Crippen LogP contribution in [0.25, 0.3) is 0 Å². The summed E-state index contributed by atoms with van der Waals surface area (Å²) >= 11 is 5.61. The Bertz CT molecular complexity index is 740. The minimum atomic E-state index is -0.957. The zero-order valence-electron chi connectivity index (χ0n) is 13.4. The van der Waals surface area contributed by atoms with Crippen LogP contribution in [0, 0.1) is 19.7 Å². The Morgan fingerprint density at radius 2 is 1.96 bits per heavy atom. The lowest BCUT2D eigenvalue weighted by atomic mass is 10.1. The number of guanidine groups is 1. The molecule has 4 N–H and O–H groups in total. The van der Waals surface area contributed by atoms with E-state index >= 15 is 0 Å². The predicted octanol–water partition coefficient (Wildman–Crippen LogP) is 4.17. The molecule has 24 heavy (non-hydrogen) atoms. The highest BCUT2D eigenvalue weighted by atomic mass is 127. The summed E-state index contributed by atoms with van der Waals surface area (Å²) in [5.41, 5.74) is 9.35. The molecule has 1 atom stereocenters. The van der Waals surface area contributed by atoms with Crippen LogP contribution in [0.2, 0.25) is 5.02 Å². The van der Waals surface area contributed by atoms with Gasteiger partial charge >= 0.3 is 0 Å². The number of aryl methyl sites for hydroxylation is 2. The first-order valence-electron chi connectivity index (χ1n) is 7.14. The van der Waals surface area contributed by atoms with Crippen molar-refractivity contribution >= 4 is 47.2 Å². The van der Waals surface area contributed by atoms with Crippen molar-refractivity contribution in [2.24, 2.45) is 10.7 Å². The Morgan fingerprint density at radius 1 is 1.25 bits per heavy atom. The molecule has 0 aliphatic carbocycles. The number of nitrogens with one attached hydrogen (secondary N) is 1. The summed E-state index contributed by atoms with van der Waals surface area (Å²) in [7, 11) is 0. The molecule has 0 fully saturated rings. The van der Waals surface area contributed by atoms with Gasteiger partial charge in [-0.25, -0.2) is 4.39 Å². The maximum Gasteiger partial charge on any atom is 0.193 e. The van der Waals surface area contributed by atoms with Gasteiger partial charge in [0.15, 0.2) is 5.96 Å². The van der Waals surface area contributed by atoms with Crippen molar-refractivity contribution in [1.82, 2.24) is 0 Å². The van der Waals surface area contributed by atoms with Crippen LogP contribution in [0.5, 0.6) is 0 Å². The topological polar surface area (TPSA) is 70.6 Å². The summed E-state index contributed by atoms with van der Waals surface area (Å²) in [6, 6.07) is 9.98. The predicted molar refractivity (Wildman–Crippen MR) is 108 cm³/mol. The van der Waals surface area contributed by atoms with E-state index in [0.717, 1.165) is 11.3 Å². The maximum atomic E-state index is 13.4. The Morgan fingerprint density at radius 3 is 2.58 bits per heavy atom. The number of aliphatic imine (C=N–C) groups is 1. The lowest BCUT2D eigenvalue weighted by Gasteiger charge is -2.11. The highest BCUT2D eigenvalue weighted by Crippen LogP contribution is 2.20. The normalized spacial score (nSPS) is 12.5. The number of anilines is 1. The number of hydrogen-bond donors (Lipinski definition) is 3. The van der Waals surface area contributed by atoms with Crippen molar-refractivity contribution in [2.45, 2.75) is 20.0 Å². The molecular weight excluding hydrogens is 444 g/mol. The third kappa shape index (κ3) is 5.61. The van der Waals surface area contributed by atoms with E-state index < -0.39 is 11.9 Å². The van der Waals surface area contributed by atoms with Crippen molar-refractivity contribution < 1.29 is 9.50 Å². The molecule has 0 aliphatic heterocycles. The van der Waals surface area contributed by atoms with E-state index in [1.807, 2.05) is 32.0 Å². The second kappa shape index (κ2) is 9.19. The molecule has 0 spiro atoms. The van der Waals surface area contributed by atoms with Crippen LogP contribution in [0.3, 0.4) is 0 Å². The molecule has 0 aliphatic rings. The van der Waals surface area contributed by atoms with Crippen LogP contribution >= 0.6 is 35.6 Å². The lowest BCUT2D eigenvalue weighted by Crippen LogP contribution is -2.23. The van der Waals surface area contributed by atoms with E-state index in [0.29, 0.717) is 5.56 Å². The van der Waals surface area contributed by atoms with Crippen LogP contribution < -0.4 is 11.1 Å². The van der Waals surface area contributed by atoms with Gasteiger partial charge in [-0.05, 0) is 54.8 Å². The van der Waals surface area contributed by atoms with Crippen LogP contribution in [0.1, 0.15) is 22.8 Å². The first-order chi connectivity index (χ1) is 10.9. The third-order valence-electron chi connectivity index (χ3n) is 3.54. The zero-order valence-corrected chi connectivity index (χ0v) is 16.5. The largest absolute Gasteiger partial charge is 0.386 e. The molecule has 2 aromatic rings. The molecule has 0 saturated carbocycles. The van der Waals surface area contributed by atoms with Crippen LogP contribution in [0.15, 0.2) is 41.4 Å². The van der Waals surface area contributed by atoms with Gasteiger partial charge in [-0.3, -0.25) is 4.99 Å². The monoisotopic (exact) mass is 463 g/mol. The average Bonchev–Trinajstić information content (AvgIpc) is 2.51. The molecule has 0 amide bonds. The summed E-state index contributed by atoms with van der Waals surface area (Å²) in [5.74, 6) is -0.393. The summed E-state index contributed by atoms with van der Waals surface area (Å²) in [5, 5.41) is 13.0. The molecule has 7 heteroatoms. The van der Waals surface area contributed by atoms with Gasteiger partial charge in [-0.2, -0.15) is 0 Å². The number of benzene rings is 2. The SMILES string of the molecule is Cc1ccc(NC(N)=NCC(O)c2ccc(Cl)c(F)c2)cc1C.I. The third-order valence-corrected chi connectivity index (χ3v) is 3.85. The summed E-state index contributed by atoms with van der Waals surface area (Å²) in [4.78, 5) is 4.08. The van der Waals surface area contributed by atoms with E-state index in [1.54, 1.807) is 6.07 Å². The van der Waals surface area contributed by atoms with Crippen molar-refractivity contribution in [1.29, 1.82) is 0 Å². The molecular formula is C17H20ClFIN3O. The van der Waals surface area contributed by atoms with E-state index in [2.05, 4.69) is 10.3 Å². The Hall–Kier alpha value is -1.38. The first-order valence-corrected chi connectivity index (χ1v) is 7.52. The van der Waals surface area contributed by atoms with E-state index in [4.69, 9.17) is 17.3 Å². The number of halogens is 3. The maximum absolute atomic E-state index is 13.4. The fourth-order valence-corrected chi connectivity index (χ4v) is 2.13. The van der Waals surface area contributed by atoms with Crippen LogP contribution in [-0.2, 0) is 0 Å². The quantitative estimate of drug-likeness (QED) is 0.362. The van der Waals surface area contributed by atoms with Gasteiger partial charge in [0.05, 0.1) is 17.7 Å². The van der Waals surface area contributed by atoms with Gasteiger partial charge in [0.25, 0.3) is 0 Å². The van der Waals surface area contributed by atoms with Gasteiger partial charge in [-0.15, -0.1) is 24.0 Å². The molecule has 2 rings (SSSR count). The van der Waals surface area contributed by atoms with Crippen LogP contribution in [0.4, 0.5) is 10.1 Å². The van der Waals surface area contributed by atoms with Crippen molar-refractivity contribution in [3.05, 3.63) is 63.9 Å². The fraction of sp³-hybridized carbons (Fsp3) is 0.235. The van der Waals surface area contributed by atoms with E-state index in [1.165, 1.54) is 17.7 Å². The summed E-state index contributed by atoms with van der Waals surface area (Å²) in [6.45, 7) is 4.05. The Labute approximate surface area is 163 Å². The fourth-order valence-electron chi connectivity index (χ4n) is 2.02. The van der Waals surface area contributed by atoms with Crippen molar-refractivity contribution in [3.8, 4) is 0 Å². The van der Waals surface area contributed by atoms with E-state index in [9.17, 15) is 9.50 Å². The van der Waals surface area contributed by atoms with Gasteiger partial charge in [0.1, 0.15) is 5.82 Å². The minimum Gasteiger partial charge on any atom is -0.386 e. The smallest absolute Gasteiger partial charge is 0.193 e. The molecule has 0 radical (unpaired) electrons. The highest BCUT2D eigenvalue weighted by molar-refractivity contribution is 14.0. The van der Waals surface area contributed by atoms with Gasteiger partial charge in [0.2, 0.25) is 0 Å². The molecule has 130 valence electrons. The standard InChI is InChI=1S/C17H19ClFN3O.HI/c1-10-3-5-13(7-11(10)2)22-17(20)21-9-16(23)12-4-6-14(18)15(19)8-12;/h3-8,16,23H,9H2,1-2H3,(H3,20,21,22);1H. The number of aliphatic hydroxyl groups excluding tert-OH is 1. The molecule has 4 nitrogen and oxygen atoms in total. The highest BCUT2D eigenvalue weighted by Gasteiger charge is 2.10. The second-order valence-corrected chi connectivity index (χ2v) is 5.75. The van der Waals surface area contributed by atoms with Crippen LogP contribution in [-0.4, -0.2) is 17.6 Å². The number of aliphatic hydroxyl groups is 1. The number of hydrogen-bond acceptors (Lipinski definition) is 2. The summed E-state index contributed by atoms with van der Waals surface area (Å²) < 4.78 is 13.4. The van der Waals surface area contributed by atoms with Gasteiger partial charge < -0.3 is 16.2 Å². The van der Waals surface area contributed by atoms with Gasteiger partial charge in [-0.1, -0.05) is 23.7 Å². The molecule has 0 aromatic heterocycles. The first kappa shape index (κ1) is 20.7. The molecule has 0 saturated heterocycles. The Kier molecular flexibility index (Phi) is 7.92. The lowest BCUT2D eigenvalue weighted by molar-refractivity contribution is 0.187. The zero-order chi connectivity index (χ0) is 17.0. The number of nitrogens with two attached hydrogens (primary N) is 1. The molecule has 0 bridgehead atoms. The second-order valence-electron chi connectivity index (χ2n) is 5.34. The summed E-state index contributed by atoms with van der Waals surface area (Å²) in [6.07, 6.45) is -0.957. The van der Waals surface area contributed by atoms with E-state index in [-0.39, 0.29) is 41.5 Å². The molecule has 2 aromatic carbocycles. The minimum absolute atomic E-state index is 0. The molecule has 0 heterocycles. The van der Waals surface area contributed by atoms with Gasteiger partial charge in [0, 0.05) is 5.69 Å².